The number of nitrogens with zero attached hydrogens (tertiary/aromatic N) is 2. The molecule has 0 radical (unpaired) electrons. The van der Waals surface area contributed by atoms with Crippen LogP contribution in [0.1, 0.15) is 58.1 Å². The van der Waals surface area contributed by atoms with Crippen molar-refractivity contribution in [3.63, 3.8) is 0 Å². The molecule has 0 unspecified atom stereocenters. The summed E-state index contributed by atoms with van der Waals surface area (Å²) in [6.45, 7) is 9.36. The summed E-state index contributed by atoms with van der Waals surface area (Å²) in [5.74, 6) is 0.462. The van der Waals surface area contributed by atoms with Gasteiger partial charge in [-0.15, -0.1) is 0 Å². The highest BCUT2D eigenvalue weighted by atomic mass is 32.2. The largest absolute Gasteiger partial charge is 0.487 e. The molecule has 8 nitrogen and oxygen atoms in total. The van der Waals surface area contributed by atoms with Crippen molar-refractivity contribution in [2.45, 2.75) is 64.7 Å². The van der Waals surface area contributed by atoms with Crippen LogP contribution in [0.5, 0.6) is 5.75 Å². The zero-order chi connectivity index (χ0) is 27.6. The highest BCUT2D eigenvalue weighted by Gasteiger charge is 2.41. The number of hydrogen-bond donors (Lipinski definition) is 1. The number of carbonyl (C=O) groups excluding carboxylic acids is 1. The van der Waals surface area contributed by atoms with Gasteiger partial charge in [-0.2, -0.15) is 0 Å². The van der Waals surface area contributed by atoms with Gasteiger partial charge in [-0.25, -0.2) is 13.2 Å². The second-order valence-electron chi connectivity index (χ2n) is 12.1. The molecule has 38 heavy (non-hydrogen) atoms. The van der Waals surface area contributed by atoms with Gasteiger partial charge in [0.05, 0.1) is 23.8 Å². The van der Waals surface area contributed by atoms with E-state index in [1.165, 1.54) is 0 Å². The van der Waals surface area contributed by atoms with Crippen LogP contribution < -0.4 is 4.74 Å². The fraction of sp³-hybridized carbons (Fsp3) is 0.586. The number of carbonyl (C=O) groups is 1. The molecule has 0 bridgehead atoms. The van der Waals surface area contributed by atoms with E-state index in [2.05, 4.69) is 11.1 Å². The van der Waals surface area contributed by atoms with Gasteiger partial charge in [-0.05, 0) is 59.6 Å². The fourth-order valence-electron chi connectivity index (χ4n) is 4.98. The Bertz CT molecular complexity index is 1230. The number of rotatable bonds is 7. The lowest BCUT2D eigenvalue weighted by molar-refractivity contribution is -0.0171. The molecule has 1 aromatic heterocycles. The van der Waals surface area contributed by atoms with E-state index in [0.29, 0.717) is 25.3 Å². The molecule has 2 aliphatic rings. The zero-order valence-corrected chi connectivity index (χ0v) is 23.7. The van der Waals surface area contributed by atoms with Crippen molar-refractivity contribution in [2.24, 2.45) is 11.3 Å². The first-order valence-corrected chi connectivity index (χ1v) is 15.2. The molecule has 0 aliphatic carbocycles. The van der Waals surface area contributed by atoms with Crippen LogP contribution in [0.15, 0.2) is 36.5 Å². The molecule has 1 spiro atoms. The number of aryl methyl sites for hydroxylation is 1. The molecule has 2 aliphatic heterocycles. The zero-order valence-electron chi connectivity index (χ0n) is 22.9. The number of sulfone groups is 1. The standard InChI is InChI=1S/C29H40N2O6S/c1-21(17-32)18-38(34,35)19-22-5-7-25(30-16-22)23-6-8-26-24(15-23)9-10-29(37-26)11-13-31(14-12-29)27(33)36-20-28(2,3)4/h5-8,15-16,21,32H,9-14,17-20H2,1-4H3/t21-/m0/s1. The number of aliphatic hydroxyl groups is 1. The van der Waals surface area contributed by atoms with Crippen molar-refractivity contribution in [3.8, 4) is 17.0 Å². The molecule has 9 heteroatoms. The predicted octanol–water partition coefficient (Wildman–Crippen LogP) is 4.63. The molecular weight excluding hydrogens is 504 g/mol. The topological polar surface area (TPSA) is 106 Å². The highest BCUT2D eigenvalue weighted by molar-refractivity contribution is 7.90. The average molecular weight is 545 g/mol. The van der Waals surface area contributed by atoms with Crippen molar-refractivity contribution in [3.05, 3.63) is 47.7 Å². The van der Waals surface area contributed by atoms with E-state index in [1.807, 2.05) is 39.0 Å². The highest BCUT2D eigenvalue weighted by Crippen LogP contribution is 2.40. The van der Waals surface area contributed by atoms with Crippen molar-refractivity contribution in [1.29, 1.82) is 0 Å². The van der Waals surface area contributed by atoms with Crippen LogP contribution in [0, 0.1) is 11.3 Å². The Morgan fingerprint density at radius 1 is 1.18 bits per heavy atom. The third kappa shape index (κ3) is 7.26. The first kappa shape index (κ1) is 28.4. The first-order chi connectivity index (χ1) is 17.9. The van der Waals surface area contributed by atoms with E-state index in [4.69, 9.17) is 14.6 Å². The van der Waals surface area contributed by atoms with Gasteiger partial charge >= 0.3 is 6.09 Å². The van der Waals surface area contributed by atoms with Crippen LogP contribution in [0.3, 0.4) is 0 Å². The number of amides is 1. The Morgan fingerprint density at radius 2 is 1.92 bits per heavy atom. The summed E-state index contributed by atoms with van der Waals surface area (Å²) in [4.78, 5) is 18.7. The van der Waals surface area contributed by atoms with Gasteiger partial charge in [0.25, 0.3) is 0 Å². The van der Waals surface area contributed by atoms with Crippen LogP contribution in [0.2, 0.25) is 0 Å². The number of hydrogen-bond acceptors (Lipinski definition) is 7. The van der Waals surface area contributed by atoms with Crippen LogP contribution in [-0.4, -0.2) is 67.2 Å². The minimum Gasteiger partial charge on any atom is -0.487 e. The molecule has 1 saturated heterocycles. The number of likely N-dealkylation sites (tertiary alicyclic amines) is 1. The maximum absolute atomic E-state index is 12.4. The smallest absolute Gasteiger partial charge is 0.409 e. The lowest BCUT2D eigenvalue weighted by Crippen LogP contribution is -2.51. The van der Waals surface area contributed by atoms with E-state index in [1.54, 1.807) is 24.1 Å². The van der Waals surface area contributed by atoms with Gasteiger partial charge in [0.2, 0.25) is 0 Å². The monoisotopic (exact) mass is 544 g/mol. The minimum atomic E-state index is -3.31. The van der Waals surface area contributed by atoms with Crippen LogP contribution in [0.25, 0.3) is 11.3 Å². The van der Waals surface area contributed by atoms with E-state index < -0.39 is 9.84 Å². The summed E-state index contributed by atoms with van der Waals surface area (Å²) < 4.78 is 36.7. The molecular formula is C29H40N2O6S. The average Bonchev–Trinajstić information content (AvgIpc) is 2.87. The normalized spacial score (nSPS) is 18.0. The molecule has 2 aromatic rings. The van der Waals surface area contributed by atoms with Crippen molar-refractivity contribution < 1.29 is 27.8 Å². The maximum Gasteiger partial charge on any atom is 0.409 e. The molecule has 0 saturated carbocycles. The second kappa shape index (κ2) is 11.2. The maximum atomic E-state index is 12.4. The molecule has 3 heterocycles. The number of benzene rings is 1. The van der Waals surface area contributed by atoms with Crippen molar-refractivity contribution in [1.82, 2.24) is 9.88 Å². The Kier molecular flexibility index (Phi) is 8.37. The quantitative estimate of drug-likeness (QED) is 0.542. The Morgan fingerprint density at radius 3 is 2.55 bits per heavy atom. The summed E-state index contributed by atoms with van der Waals surface area (Å²) in [6, 6.07) is 9.73. The summed E-state index contributed by atoms with van der Waals surface area (Å²) in [7, 11) is -3.31. The van der Waals surface area contributed by atoms with Crippen LogP contribution in [0.4, 0.5) is 4.79 Å². The molecule has 1 fully saturated rings. The first-order valence-electron chi connectivity index (χ1n) is 13.4. The minimum absolute atomic E-state index is 0.0448. The van der Waals surface area contributed by atoms with Gasteiger partial charge in [0.15, 0.2) is 9.84 Å². The van der Waals surface area contributed by atoms with Crippen LogP contribution >= 0.6 is 0 Å². The van der Waals surface area contributed by atoms with Gasteiger partial charge in [-0.3, -0.25) is 4.98 Å². The number of fused-ring (bicyclic) bond motifs is 1. The molecule has 1 amide bonds. The van der Waals surface area contributed by atoms with E-state index in [0.717, 1.165) is 48.3 Å². The summed E-state index contributed by atoms with van der Waals surface area (Å²) >= 11 is 0. The SMILES string of the molecule is C[C@@H](CO)CS(=O)(=O)Cc1ccc(-c2ccc3c(c2)CCC2(CCN(C(=O)OCC(C)(C)C)CC2)O3)nc1. The third-order valence-electron chi connectivity index (χ3n) is 7.16. The second-order valence-corrected chi connectivity index (χ2v) is 14.2. The predicted molar refractivity (Wildman–Crippen MR) is 147 cm³/mol. The fourth-order valence-corrected chi connectivity index (χ4v) is 6.75. The molecule has 4 rings (SSSR count). The van der Waals surface area contributed by atoms with E-state index >= 15 is 0 Å². The lowest BCUT2D eigenvalue weighted by Gasteiger charge is -2.44. The van der Waals surface area contributed by atoms with Crippen molar-refractivity contribution >= 4 is 15.9 Å². The van der Waals surface area contributed by atoms with Gasteiger partial charge in [-0.1, -0.05) is 33.8 Å². The van der Waals surface area contributed by atoms with Crippen LogP contribution in [-0.2, 0) is 26.7 Å². The number of aliphatic hydroxyl groups excluding tert-OH is 1. The van der Waals surface area contributed by atoms with Crippen molar-refractivity contribution in [2.75, 3.05) is 32.1 Å². The molecule has 208 valence electrons. The van der Waals surface area contributed by atoms with E-state index in [-0.39, 0.29) is 41.1 Å². The van der Waals surface area contributed by atoms with Gasteiger partial charge in [0.1, 0.15) is 11.4 Å². The molecule has 1 N–H and O–H groups in total. The van der Waals surface area contributed by atoms with Gasteiger partial charge < -0.3 is 19.5 Å². The number of pyridine rings is 1. The molecule has 1 aromatic carbocycles. The number of aromatic nitrogens is 1. The molecule has 1 atom stereocenters. The summed E-state index contributed by atoms with van der Waals surface area (Å²) in [5.41, 5.74) is 3.19. The Balaban J connectivity index is 1.36. The van der Waals surface area contributed by atoms with E-state index in [9.17, 15) is 13.2 Å². The number of ether oxygens (including phenoxy) is 2. The third-order valence-corrected chi connectivity index (χ3v) is 9.01. The Labute approximate surface area is 226 Å². The van der Waals surface area contributed by atoms with Gasteiger partial charge in [0, 0.05) is 44.3 Å². The number of piperidine rings is 1. The lowest BCUT2D eigenvalue weighted by atomic mass is 9.83. The Hall–Kier alpha value is -2.65. The summed E-state index contributed by atoms with van der Waals surface area (Å²) in [5, 5.41) is 9.15. The summed E-state index contributed by atoms with van der Waals surface area (Å²) in [6.07, 6.45) is 4.71.